The van der Waals surface area contributed by atoms with Gasteiger partial charge in [-0.1, -0.05) is 66.2 Å². The second-order valence-corrected chi connectivity index (χ2v) is 4.91. The van der Waals surface area contributed by atoms with Gasteiger partial charge in [0.15, 0.2) is 0 Å². The Morgan fingerprint density at radius 1 is 0.652 bits per heavy atom. The number of hydrogen-bond donors (Lipinski definition) is 2. The Hall–Kier alpha value is 0.234. The molecule has 0 aliphatic rings. The van der Waals surface area contributed by atoms with Gasteiger partial charge in [0.1, 0.15) is 0 Å². The summed E-state index contributed by atoms with van der Waals surface area (Å²) in [6.45, 7) is 16.5. The van der Waals surface area contributed by atoms with Crippen molar-refractivity contribution in [2.45, 2.75) is 91.9 Å². The topological polar surface area (TPSA) is 74.6 Å². The Morgan fingerprint density at radius 3 is 0.870 bits per heavy atom. The molecule has 0 aliphatic carbocycles. The van der Waals surface area contributed by atoms with Gasteiger partial charge in [0.2, 0.25) is 0 Å². The van der Waals surface area contributed by atoms with Crippen LogP contribution in [0.4, 0.5) is 0 Å². The van der Waals surface area contributed by atoms with Crippen LogP contribution in [0.2, 0.25) is 0 Å². The molecule has 144 valence electrons. The molecule has 0 atom stereocenters. The van der Waals surface area contributed by atoms with E-state index in [1.165, 1.54) is 25.7 Å². The second-order valence-electron chi connectivity index (χ2n) is 4.65. The number of hydrogen-bond acceptors (Lipinski definition) is 4. The van der Waals surface area contributed by atoms with E-state index in [4.69, 9.17) is 16.9 Å². The van der Waals surface area contributed by atoms with Crippen molar-refractivity contribution < 1.29 is 36.0 Å². The second kappa shape index (κ2) is 57.2. The molecular formula is C18H42O4Ti-2. The molecule has 0 saturated heterocycles. The van der Waals surface area contributed by atoms with Crippen LogP contribution >= 0.6 is 0 Å². The van der Waals surface area contributed by atoms with E-state index in [-0.39, 0.29) is 0 Å². The van der Waals surface area contributed by atoms with Gasteiger partial charge in [0.25, 0.3) is 0 Å². The van der Waals surface area contributed by atoms with Gasteiger partial charge >= 0.3 is 25.7 Å². The third-order valence-electron chi connectivity index (χ3n) is 2.23. The fourth-order valence-electron chi connectivity index (χ4n) is 0.816. The molecule has 0 aromatic heterocycles. The van der Waals surface area contributed by atoms with Gasteiger partial charge in [-0.3, -0.25) is 0 Å². The van der Waals surface area contributed by atoms with E-state index in [9.17, 15) is 0 Å². The maximum atomic E-state index is 8.50. The molecule has 0 heterocycles. The molecule has 0 aromatic carbocycles. The average molecular weight is 370 g/mol. The molecule has 0 aliphatic heterocycles. The van der Waals surface area contributed by atoms with Crippen molar-refractivity contribution in [3.05, 3.63) is 13.8 Å². The monoisotopic (exact) mass is 370 g/mol. The Morgan fingerprint density at radius 2 is 0.870 bits per heavy atom. The van der Waals surface area contributed by atoms with E-state index in [1.807, 2.05) is 0 Å². The molecule has 0 spiro atoms. The van der Waals surface area contributed by atoms with Gasteiger partial charge in [-0.15, -0.1) is 0 Å². The molecule has 2 N–H and O–H groups in total. The Bertz CT molecular complexity index is 129. The fourth-order valence-corrected chi connectivity index (χ4v) is 0.816. The van der Waals surface area contributed by atoms with Crippen LogP contribution in [-0.2, 0) is 25.7 Å². The van der Waals surface area contributed by atoms with Crippen LogP contribution in [0.1, 0.15) is 91.9 Å². The molecule has 4 nitrogen and oxygen atoms in total. The van der Waals surface area contributed by atoms with Gasteiger partial charge in [-0.2, -0.15) is 12.8 Å². The molecule has 0 saturated carbocycles. The van der Waals surface area contributed by atoms with Crippen molar-refractivity contribution in [1.82, 2.24) is 0 Å². The van der Waals surface area contributed by atoms with E-state index in [0.717, 1.165) is 38.5 Å². The minimum atomic E-state index is -2.00. The zero-order valence-electron chi connectivity index (χ0n) is 16.1. The first-order chi connectivity index (χ1) is 11.1. The van der Waals surface area contributed by atoms with E-state index < -0.39 is 19.1 Å². The predicted molar refractivity (Wildman–Crippen MR) is 95.1 cm³/mol. The SMILES string of the molecule is CCCCO.CCCCO.[CH2-]CCCC.[CH2-]CCCC.[O]=[Ti]=[O]. The Balaban J connectivity index is -0.0000000593. The van der Waals surface area contributed by atoms with Crippen molar-refractivity contribution in [3.8, 4) is 0 Å². The summed E-state index contributed by atoms with van der Waals surface area (Å²) < 4.78 is 17.0. The number of aliphatic hydroxyl groups is 2. The number of unbranched alkanes of at least 4 members (excludes halogenated alkanes) is 6. The van der Waals surface area contributed by atoms with Crippen molar-refractivity contribution >= 4 is 0 Å². The molecule has 0 aromatic rings. The molecule has 23 heavy (non-hydrogen) atoms. The fraction of sp³-hybridized carbons (Fsp3) is 0.889. The summed E-state index contributed by atoms with van der Waals surface area (Å²) in [5.41, 5.74) is 0. The quantitative estimate of drug-likeness (QED) is 0.447. The van der Waals surface area contributed by atoms with Crippen molar-refractivity contribution in [2.24, 2.45) is 0 Å². The minimum absolute atomic E-state index is 0.344. The van der Waals surface area contributed by atoms with Crippen LogP contribution in [0.25, 0.3) is 0 Å². The molecule has 0 fully saturated rings. The first kappa shape index (κ1) is 34.5. The number of rotatable bonds is 8. The van der Waals surface area contributed by atoms with Crippen LogP contribution in [0.5, 0.6) is 0 Å². The van der Waals surface area contributed by atoms with E-state index in [0.29, 0.717) is 13.2 Å². The number of aliphatic hydroxyl groups excluding tert-OH is 2. The summed E-state index contributed by atoms with van der Waals surface area (Å²) in [5.74, 6) is 0. The van der Waals surface area contributed by atoms with Crippen LogP contribution in [-0.4, -0.2) is 23.4 Å². The normalized spacial score (nSPS) is 7.65. The molecular weight excluding hydrogens is 328 g/mol. The third kappa shape index (κ3) is 134. The van der Waals surface area contributed by atoms with Crippen LogP contribution in [0, 0.1) is 13.8 Å². The molecule has 0 rings (SSSR count). The average Bonchev–Trinajstić information content (AvgIpc) is 2.53. The summed E-state index contributed by atoms with van der Waals surface area (Å²) >= 11 is -2.00. The van der Waals surface area contributed by atoms with E-state index in [1.54, 1.807) is 0 Å². The van der Waals surface area contributed by atoms with Gasteiger partial charge in [-0.25, -0.2) is 0 Å². The van der Waals surface area contributed by atoms with Gasteiger partial charge < -0.3 is 24.1 Å². The Labute approximate surface area is 155 Å². The van der Waals surface area contributed by atoms with E-state index >= 15 is 0 Å². The Kier molecular flexibility index (Phi) is 86.0. The summed E-state index contributed by atoms with van der Waals surface area (Å²) in [6, 6.07) is 0. The molecule has 0 radical (unpaired) electrons. The third-order valence-corrected chi connectivity index (χ3v) is 2.23. The maximum absolute atomic E-state index is 8.50. The summed E-state index contributed by atoms with van der Waals surface area (Å²) in [5, 5.41) is 16.1. The van der Waals surface area contributed by atoms with Crippen molar-refractivity contribution in [1.29, 1.82) is 0 Å². The van der Waals surface area contributed by atoms with Crippen LogP contribution in [0.3, 0.4) is 0 Å². The summed E-state index contributed by atoms with van der Waals surface area (Å²) in [6.07, 6.45) is 11.4. The zero-order chi connectivity index (χ0) is 19.2. The first-order valence-corrected chi connectivity index (χ1v) is 10.1. The zero-order valence-corrected chi connectivity index (χ0v) is 17.7. The van der Waals surface area contributed by atoms with Crippen molar-refractivity contribution in [3.63, 3.8) is 0 Å². The van der Waals surface area contributed by atoms with Gasteiger partial charge in [0.05, 0.1) is 0 Å². The summed E-state index contributed by atoms with van der Waals surface area (Å²) in [7, 11) is 0. The predicted octanol–water partition coefficient (Wildman–Crippen LogP) is 5.34. The van der Waals surface area contributed by atoms with Crippen molar-refractivity contribution in [2.75, 3.05) is 13.2 Å². The van der Waals surface area contributed by atoms with E-state index in [2.05, 4.69) is 41.5 Å². The molecule has 0 amide bonds. The molecule has 5 heteroatoms. The van der Waals surface area contributed by atoms with Gasteiger partial charge in [0, 0.05) is 13.2 Å². The first-order valence-electron chi connectivity index (χ1n) is 8.87. The van der Waals surface area contributed by atoms with Crippen LogP contribution < -0.4 is 0 Å². The van der Waals surface area contributed by atoms with Crippen LogP contribution in [0.15, 0.2) is 0 Å². The van der Waals surface area contributed by atoms with Gasteiger partial charge in [-0.05, 0) is 12.8 Å². The summed E-state index contributed by atoms with van der Waals surface area (Å²) in [4.78, 5) is 0. The molecule has 0 unspecified atom stereocenters. The standard InChI is InChI=1S/2C5H11.2C4H10O.2O.Ti/c2*1-3-5-4-2;2*1-2-3-4-5;;;/h2*1,3-5H2,2H3;2*5H,2-4H2,1H3;;;/q2*-1;;;;;. The molecule has 0 bridgehead atoms.